The maximum absolute atomic E-state index is 8.78. The summed E-state index contributed by atoms with van der Waals surface area (Å²) in [5.41, 5.74) is 0.350. The fourth-order valence-corrected chi connectivity index (χ4v) is 1.42. The van der Waals surface area contributed by atoms with Gasteiger partial charge in [-0.2, -0.15) is 5.26 Å². The number of nitriles is 1. The van der Waals surface area contributed by atoms with Crippen LogP contribution in [-0.2, 0) is 9.47 Å². The molecule has 0 radical (unpaired) electrons. The van der Waals surface area contributed by atoms with Gasteiger partial charge in [-0.15, -0.1) is 0 Å². The summed E-state index contributed by atoms with van der Waals surface area (Å²) in [6.45, 7) is 2.09. The van der Waals surface area contributed by atoms with E-state index >= 15 is 0 Å². The third kappa shape index (κ3) is 4.88. The summed E-state index contributed by atoms with van der Waals surface area (Å²) in [4.78, 5) is 3.95. The molecule has 98 valence electrons. The molecule has 0 atom stereocenters. The fraction of sp³-hybridized carbons (Fsp3) is 0.500. The summed E-state index contributed by atoms with van der Waals surface area (Å²) in [5.74, 6) is 0.260. The maximum atomic E-state index is 8.78. The summed E-state index contributed by atoms with van der Waals surface area (Å²) in [6.07, 6.45) is 2.33. The second kappa shape index (κ2) is 8.70. The van der Waals surface area contributed by atoms with Gasteiger partial charge in [-0.25, -0.2) is 4.98 Å². The van der Waals surface area contributed by atoms with Crippen molar-refractivity contribution in [2.75, 3.05) is 33.5 Å². The molecule has 0 saturated carbocycles. The van der Waals surface area contributed by atoms with Crippen LogP contribution in [0.1, 0.15) is 12.0 Å². The first-order chi connectivity index (χ1) is 8.79. The lowest BCUT2D eigenvalue weighted by atomic mass is 10.3. The van der Waals surface area contributed by atoms with Crippen molar-refractivity contribution in [1.82, 2.24) is 4.98 Å². The van der Waals surface area contributed by atoms with Crippen molar-refractivity contribution >= 4 is 11.6 Å². The van der Waals surface area contributed by atoms with E-state index in [1.54, 1.807) is 7.11 Å². The molecule has 0 spiro atoms. The number of rotatable bonds is 8. The summed E-state index contributed by atoms with van der Waals surface area (Å²) >= 11 is 5.92. The molecule has 1 aromatic rings. The van der Waals surface area contributed by atoms with Gasteiger partial charge < -0.3 is 14.2 Å². The molecule has 0 fully saturated rings. The molecule has 0 aliphatic heterocycles. The van der Waals surface area contributed by atoms with Crippen molar-refractivity contribution in [2.24, 2.45) is 0 Å². The Hall–Kier alpha value is -1.35. The molecule has 1 heterocycles. The number of pyridine rings is 1. The molecule has 0 saturated heterocycles. The van der Waals surface area contributed by atoms with Gasteiger partial charge in [0.25, 0.3) is 0 Å². The van der Waals surface area contributed by atoms with Gasteiger partial charge in [0.15, 0.2) is 0 Å². The predicted octanol–water partition coefficient (Wildman–Crippen LogP) is 2.04. The van der Waals surface area contributed by atoms with Crippen LogP contribution >= 0.6 is 11.6 Å². The zero-order chi connectivity index (χ0) is 13.2. The first-order valence-corrected chi connectivity index (χ1v) is 5.91. The van der Waals surface area contributed by atoms with E-state index in [1.165, 1.54) is 12.3 Å². The first kappa shape index (κ1) is 14.7. The molecular weight excluding hydrogens is 256 g/mol. The molecule has 0 bridgehead atoms. The average molecular weight is 271 g/mol. The lowest BCUT2D eigenvalue weighted by molar-refractivity contribution is 0.0796. The summed E-state index contributed by atoms with van der Waals surface area (Å²) in [7, 11) is 1.65. The summed E-state index contributed by atoms with van der Waals surface area (Å²) < 4.78 is 15.5. The van der Waals surface area contributed by atoms with E-state index in [-0.39, 0.29) is 10.9 Å². The highest BCUT2D eigenvalue weighted by atomic mass is 35.5. The molecule has 0 N–H and O–H groups in total. The number of halogens is 1. The zero-order valence-corrected chi connectivity index (χ0v) is 10.9. The molecule has 1 aromatic heterocycles. The Morgan fingerprint density at radius 1 is 1.33 bits per heavy atom. The number of hydrogen-bond acceptors (Lipinski definition) is 5. The van der Waals surface area contributed by atoms with Crippen LogP contribution in [0, 0.1) is 11.3 Å². The summed E-state index contributed by atoms with van der Waals surface area (Å²) in [5, 5.41) is 9.02. The van der Waals surface area contributed by atoms with E-state index in [2.05, 4.69) is 4.98 Å². The van der Waals surface area contributed by atoms with E-state index in [0.717, 1.165) is 6.42 Å². The van der Waals surface area contributed by atoms with Crippen molar-refractivity contribution < 1.29 is 14.2 Å². The van der Waals surface area contributed by atoms with E-state index in [4.69, 9.17) is 31.1 Å². The Morgan fingerprint density at radius 2 is 2.17 bits per heavy atom. The lowest BCUT2D eigenvalue weighted by Gasteiger charge is -2.08. The highest BCUT2D eigenvalue weighted by Crippen LogP contribution is 2.24. The molecular formula is C12H15ClN2O3. The van der Waals surface area contributed by atoms with Crippen molar-refractivity contribution in [3.05, 3.63) is 22.8 Å². The van der Waals surface area contributed by atoms with E-state index in [9.17, 15) is 0 Å². The van der Waals surface area contributed by atoms with Crippen molar-refractivity contribution in [3.8, 4) is 11.9 Å². The van der Waals surface area contributed by atoms with Gasteiger partial charge in [-0.3, -0.25) is 0 Å². The Labute approximate surface area is 111 Å². The largest absolute Gasteiger partial charge is 0.474 e. The molecule has 0 aromatic carbocycles. The minimum absolute atomic E-state index is 0.236. The van der Waals surface area contributed by atoms with Gasteiger partial charge in [0, 0.05) is 26.5 Å². The lowest BCUT2D eigenvalue weighted by Crippen LogP contribution is -2.09. The first-order valence-electron chi connectivity index (χ1n) is 5.53. The Balaban J connectivity index is 2.26. The van der Waals surface area contributed by atoms with Crippen LogP contribution in [-0.4, -0.2) is 38.5 Å². The van der Waals surface area contributed by atoms with Crippen LogP contribution in [0.4, 0.5) is 0 Å². The van der Waals surface area contributed by atoms with Crippen LogP contribution in [0.25, 0.3) is 0 Å². The molecule has 18 heavy (non-hydrogen) atoms. The third-order valence-electron chi connectivity index (χ3n) is 2.08. The van der Waals surface area contributed by atoms with Gasteiger partial charge >= 0.3 is 0 Å². The topological polar surface area (TPSA) is 64.4 Å². The molecule has 0 unspecified atom stereocenters. The average Bonchev–Trinajstić information content (AvgIpc) is 2.39. The van der Waals surface area contributed by atoms with E-state index in [1.807, 2.05) is 6.07 Å². The highest BCUT2D eigenvalue weighted by Gasteiger charge is 2.07. The molecule has 6 heteroatoms. The standard InChI is InChI=1S/C12H15ClN2O3/c1-16-5-2-6-17-7-8-18-12-11(13)10(9-14)3-4-15-12/h3-4H,2,5-8H2,1H3. The van der Waals surface area contributed by atoms with Crippen LogP contribution < -0.4 is 4.74 Å². The van der Waals surface area contributed by atoms with Crippen molar-refractivity contribution in [2.45, 2.75) is 6.42 Å². The minimum atomic E-state index is 0.236. The van der Waals surface area contributed by atoms with E-state index < -0.39 is 0 Å². The fourth-order valence-electron chi connectivity index (χ4n) is 1.22. The number of aromatic nitrogens is 1. The van der Waals surface area contributed by atoms with Crippen molar-refractivity contribution in [3.63, 3.8) is 0 Å². The Kier molecular flexibility index (Phi) is 7.11. The number of ether oxygens (including phenoxy) is 3. The predicted molar refractivity (Wildman–Crippen MR) is 66.8 cm³/mol. The van der Waals surface area contributed by atoms with Crippen LogP contribution in [0.2, 0.25) is 5.02 Å². The molecule has 1 rings (SSSR count). The van der Waals surface area contributed by atoms with Gasteiger partial charge in [0.05, 0.1) is 12.2 Å². The molecule has 0 aliphatic rings. The number of nitrogens with zero attached hydrogens (tertiary/aromatic N) is 2. The number of hydrogen-bond donors (Lipinski definition) is 0. The summed E-state index contributed by atoms with van der Waals surface area (Å²) in [6, 6.07) is 3.50. The quantitative estimate of drug-likeness (QED) is 0.677. The third-order valence-corrected chi connectivity index (χ3v) is 2.45. The highest BCUT2D eigenvalue weighted by molar-refractivity contribution is 6.32. The SMILES string of the molecule is COCCCOCCOc1nccc(C#N)c1Cl. The Bertz CT molecular complexity index is 407. The normalized spacial score (nSPS) is 10.1. The van der Waals surface area contributed by atoms with Crippen LogP contribution in [0.15, 0.2) is 12.3 Å². The van der Waals surface area contributed by atoms with Crippen LogP contribution in [0.5, 0.6) is 5.88 Å². The van der Waals surface area contributed by atoms with Crippen LogP contribution in [0.3, 0.4) is 0 Å². The van der Waals surface area contributed by atoms with Gasteiger partial charge in [-0.05, 0) is 12.5 Å². The number of methoxy groups -OCH3 is 1. The van der Waals surface area contributed by atoms with E-state index in [0.29, 0.717) is 32.0 Å². The molecule has 0 aliphatic carbocycles. The second-order valence-corrected chi connectivity index (χ2v) is 3.77. The molecule has 0 amide bonds. The Morgan fingerprint density at radius 3 is 2.89 bits per heavy atom. The smallest absolute Gasteiger partial charge is 0.234 e. The minimum Gasteiger partial charge on any atom is -0.474 e. The second-order valence-electron chi connectivity index (χ2n) is 3.40. The maximum Gasteiger partial charge on any atom is 0.234 e. The van der Waals surface area contributed by atoms with Gasteiger partial charge in [0.1, 0.15) is 17.7 Å². The zero-order valence-electron chi connectivity index (χ0n) is 10.2. The van der Waals surface area contributed by atoms with Gasteiger partial charge in [-0.1, -0.05) is 11.6 Å². The molecule has 5 nitrogen and oxygen atoms in total. The van der Waals surface area contributed by atoms with Crippen molar-refractivity contribution in [1.29, 1.82) is 5.26 Å². The van der Waals surface area contributed by atoms with Gasteiger partial charge in [0.2, 0.25) is 5.88 Å². The monoisotopic (exact) mass is 270 g/mol.